The smallest absolute Gasteiger partial charge is 0.475 e. The number of aromatic nitrogens is 4. The van der Waals surface area contributed by atoms with Gasteiger partial charge in [-0.1, -0.05) is 12.1 Å². The number of aryl methyl sites for hydroxylation is 1. The van der Waals surface area contributed by atoms with Gasteiger partial charge in [-0.3, -0.25) is 18.7 Å². The molecule has 3 fully saturated rings. The molecule has 3 aliphatic heterocycles. The highest BCUT2D eigenvalue weighted by Crippen LogP contribution is 2.34. The van der Waals surface area contributed by atoms with Crippen LogP contribution in [0.3, 0.4) is 0 Å². The first-order valence-corrected chi connectivity index (χ1v) is 14.6. The quantitative estimate of drug-likeness (QED) is 0.382. The van der Waals surface area contributed by atoms with Crippen molar-refractivity contribution in [2.75, 3.05) is 50.8 Å². The molecule has 256 valence electrons. The Labute approximate surface area is 261 Å². The maximum atomic E-state index is 13.9. The molecule has 3 aliphatic rings. The summed E-state index contributed by atoms with van der Waals surface area (Å²) < 4.78 is 81.2. The first kappa shape index (κ1) is 34.0. The van der Waals surface area contributed by atoms with E-state index >= 15 is 0 Å². The van der Waals surface area contributed by atoms with E-state index in [1.54, 1.807) is 15.5 Å². The van der Waals surface area contributed by atoms with Crippen molar-refractivity contribution in [3.05, 3.63) is 56.2 Å². The number of anilines is 1. The van der Waals surface area contributed by atoms with Crippen LogP contribution in [0.4, 0.5) is 32.3 Å². The zero-order valence-corrected chi connectivity index (χ0v) is 25.0. The Morgan fingerprint density at radius 3 is 2.36 bits per heavy atom. The van der Waals surface area contributed by atoms with Crippen LogP contribution in [0.1, 0.15) is 17.5 Å². The summed E-state index contributed by atoms with van der Waals surface area (Å²) in [5.74, 6) is -2.33. The third-order valence-corrected chi connectivity index (χ3v) is 8.41. The van der Waals surface area contributed by atoms with E-state index in [-0.39, 0.29) is 29.7 Å². The van der Waals surface area contributed by atoms with Gasteiger partial charge in [-0.05, 0) is 30.0 Å². The Morgan fingerprint density at radius 1 is 1.04 bits per heavy atom. The first-order valence-electron chi connectivity index (χ1n) is 14.6. The predicted octanol–water partition coefficient (Wildman–Crippen LogP) is 1.25. The number of hydrogen-bond donors (Lipinski definition) is 2. The van der Waals surface area contributed by atoms with Gasteiger partial charge < -0.3 is 25.0 Å². The van der Waals surface area contributed by atoms with Crippen LogP contribution in [0, 0.1) is 5.92 Å². The Balaban J connectivity index is 0.000000559. The third kappa shape index (κ3) is 6.99. The number of halogens is 6. The fourth-order valence-electron chi connectivity index (χ4n) is 6.04. The van der Waals surface area contributed by atoms with Gasteiger partial charge in [0.2, 0.25) is 11.9 Å². The third-order valence-electron chi connectivity index (χ3n) is 8.41. The van der Waals surface area contributed by atoms with Crippen molar-refractivity contribution in [3.8, 4) is 0 Å². The fraction of sp³-hybridized carbons (Fsp3) is 0.536. The summed E-state index contributed by atoms with van der Waals surface area (Å²) in [5, 5.41) is 10.5. The number of alkyl halides is 6. The molecule has 19 heteroatoms. The highest BCUT2D eigenvalue weighted by Gasteiger charge is 2.41. The molecule has 0 spiro atoms. The normalized spacial score (nSPS) is 19.9. The maximum absolute atomic E-state index is 13.9. The van der Waals surface area contributed by atoms with Crippen LogP contribution >= 0.6 is 0 Å². The number of carbonyl (C=O) groups is 2. The number of rotatable bonds is 5. The summed E-state index contributed by atoms with van der Waals surface area (Å²) >= 11 is 0. The van der Waals surface area contributed by atoms with Crippen molar-refractivity contribution >= 4 is 29.0 Å². The molecular weight excluding hydrogens is 644 g/mol. The largest absolute Gasteiger partial charge is 0.490 e. The average Bonchev–Trinajstić information content (AvgIpc) is 3.74. The zero-order valence-electron chi connectivity index (χ0n) is 25.0. The second-order valence-electron chi connectivity index (χ2n) is 11.4. The van der Waals surface area contributed by atoms with Crippen LogP contribution in [0.2, 0.25) is 0 Å². The lowest BCUT2D eigenvalue weighted by Gasteiger charge is -2.27. The second-order valence-corrected chi connectivity index (χ2v) is 11.4. The number of hydrogen-bond acceptors (Lipinski definition) is 8. The molecule has 2 aromatic heterocycles. The lowest BCUT2D eigenvalue weighted by molar-refractivity contribution is -0.192. The van der Waals surface area contributed by atoms with Gasteiger partial charge in [0, 0.05) is 45.8 Å². The number of nitrogens with zero attached hydrogens (tertiary/aromatic N) is 6. The number of nitrogens with one attached hydrogen (secondary N) is 1. The van der Waals surface area contributed by atoms with E-state index in [0.717, 1.165) is 29.7 Å². The molecule has 2 N–H and O–H groups in total. The summed E-state index contributed by atoms with van der Waals surface area (Å²) in [7, 11) is 1.48. The molecule has 0 saturated carbocycles. The molecule has 2 atom stereocenters. The molecule has 3 aromatic rings. The molecule has 6 rings (SSSR count). The number of benzene rings is 1. The van der Waals surface area contributed by atoms with E-state index in [0.29, 0.717) is 56.8 Å². The highest BCUT2D eigenvalue weighted by atomic mass is 19.4. The summed E-state index contributed by atoms with van der Waals surface area (Å²) in [6.45, 7) is 3.18. The molecule has 1 aromatic carbocycles. The SMILES string of the molecule is Cn1c(=O)n(CC(=O)N2CCOCC2)c(=O)c2c1nc(N1CCC3CNCC31)n2Cc1cccc(C(F)(F)F)c1.O=C(O)C(F)(F)F. The highest BCUT2D eigenvalue weighted by molar-refractivity contribution is 5.78. The second kappa shape index (κ2) is 13.0. The number of morpholine rings is 1. The summed E-state index contributed by atoms with van der Waals surface area (Å²) in [4.78, 5) is 57.4. The van der Waals surface area contributed by atoms with Crippen LogP contribution in [-0.2, 0) is 40.6 Å². The van der Waals surface area contributed by atoms with E-state index < -0.39 is 41.7 Å². The molecule has 0 radical (unpaired) electrons. The molecule has 13 nitrogen and oxygen atoms in total. The molecule has 3 saturated heterocycles. The number of amides is 1. The van der Waals surface area contributed by atoms with E-state index in [9.17, 15) is 40.7 Å². The van der Waals surface area contributed by atoms with E-state index in [4.69, 9.17) is 19.6 Å². The van der Waals surface area contributed by atoms with E-state index in [1.807, 2.05) is 0 Å². The van der Waals surface area contributed by atoms with Gasteiger partial charge in [0.25, 0.3) is 5.56 Å². The number of aliphatic carboxylic acids is 1. The van der Waals surface area contributed by atoms with Gasteiger partial charge in [-0.25, -0.2) is 14.2 Å². The Kier molecular flexibility index (Phi) is 9.40. The number of imidazole rings is 1. The minimum Gasteiger partial charge on any atom is -0.475 e. The molecule has 0 bridgehead atoms. The molecule has 1 amide bonds. The fourth-order valence-corrected chi connectivity index (χ4v) is 6.04. The first-order chi connectivity index (χ1) is 22.1. The number of carboxylic acids is 1. The topological polar surface area (TPSA) is 144 Å². The lowest BCUT2D eigenvalue weighted by Crippen LogP contribution is -2.47. The van der Waals surface area contributed by atoms with Gasteiger partial charge >= 0.3 is 24.0 Å². The van der Waals surface area contributed by atoms with Crippen molar-refractivity contribution in [1.82, 2.24) is 28.9 Å². The standard InChI is InChI=1S/C26H30F3N7O4.C2HF3O2/c1-32-22-21(23(38)36(25(32)39)15-20(37)33-7-9-40-10-8-33)35(14-16-3-2-4-18(11-16)26(27,28)29)24(31-22)34-6-5-17-12-30-13-19(17)34;3-2(4,5)1(6)7/h2-4,11,17,19,30H,5-10,12-15H2,1H3;(H,6,7). The van der Waals surface area contributed by atoms with Crippen molar-refractivity contribution in [1.29, 1.82) is 0 Å². The minimum absolute atomic E-state index is 0.0675. The van der Waals surface area contributed by atoms with Crippen LogP contribution in [0.15, 0.2) is 33.9 Å². The monoisotopic (exact) mass is 675 g/mol. The summed E-state index contributed by atoms with van der Waals surface area (Å²) in [6.07, 6.45) is -8.70. The lowest BCUT2D eigenvalue weighted by atomic mass is 10.1. The number of carbonyl (C=O) groups excluding carboxylic acids is 1. The minimum atomic E-state index is -5.08. The van der Waals surface area contributed by atoms with Gasteiger partial charge in [0.05, 0.1) is 25.3 Å². The Hall–Kier alpha value is -4.39. The Morgan fingerprint density at radius 2 is 1.72 bits per heavy atom. The van der Waals surface area contributed by atoms with Crippen LogP contribution < -0.4 is 21.5 Å². The van der Waals surface area contributed by atoms with Gasteiger partial charge in [-0.2, -0.15) is 31.3 Å². The van der Waals surface area contributed by atoms with Crippen LogP contribution in [-0.4, -0.2) is 98.7 Å². The summed E-state index contributed by atoms with van der Waals surface area (Å²) in [6, 6.07) is 5.07. The average molecular weight is 676 g/mol. The number of fused-ring (bicyclic) bond motifs is 2. The molecular formula is C28H31F6N7O6. The number of carboxylic acid groups (broad SMARTS) is 1. The summed E-state index contributed by atoms with van der Waals surface area (Å²) in [5.41, 5.74) is -1.65. The predicted molar refractivity (Wildman–Crippen MR) is 153 cm³/mol. The van der Waals surface area contributed by atoms with Gasteiger partial charge in [-0.15, -0.1) is 0 Å². The van der Waals surface area contributed by atoms with Crippen molar-refractivity contribution < 1.29 is 45.8 Å². The molecule has 5 heterocycles. The molecule has 47 heavy (non-hydrogen) atoms. The van der Waals surface area contributed by atoms with Crippen molar-refractivity contribution in [2.24, 2.45) is 13.0 Å². The van der Waals surface area contributed by atoms with Crippen molar-refractivity contribution in [2.45, 2.75) is 37.9 Å². The molecule has 2 unspecified atom stereocenters. The van der Waals surface area contributed by atoms with Gasteiger partial charge in [0.15, 0.2) is 11.2 Å². The maximum Gasteiger partial charge on any atom is 0.490 e. The number of ether oxygens (including phenoxy) is 1. The van der Waals surface area contributed by atoms with E-state index in [1.165, 1.54) is 17.7 Å². The van der Waals surface area contributed by atoms with E-state index in [2.05, 4.69) is 10.2 Å². The zero-order chi connectivity index (χ0) is 34.3. The Bertz CT molecular complexity index is 1780. The van der Waals surface area contributed by atoms with Gasteiger partial charge in [0.1, 0.15) is 6.54 Å². The molecule has 0 aliphatic carbocycles. The van der Waals surface area contributed by atoms with Crippen molar-refractivity contribution in [3.63, 3.8) is 0 Å². The van der Waals surface area contributed by atoms with Crippen LogP contribution in [0.25, 0.3) is 11.2 Å². The van der Waals surface area contributed by atoms with Crippen LogP contribution in [0.5, 0.6) is 0 Å².